The molecule has 0 atom stereocenters. The number of likely N-dealkylation sites (tertiary alicyclic amines) is 1. The zero-order valence-corrected chi connectivity index (χ0v) is 11.8. The minimum Gasteiger partial charge on any atom is -0.351 e. The van der Waals surface area contributed by atoms with Gasteiger partial charge in [0.1, 0.15) is 5.15 Å². The van der Waals surface area contributed by atoms with Gasteiger partial charge in [0.2, 0.25) is 5.82 Å². The summed E-state index contributed by atoms with van der Waals surface area (Å²) in [6.45, 7) is 1.98. The maximum absolute atomic E-state index is 11.1. The van der Waals surface area contributed by atoms with Crippen molar-refractivity contribution in [3.05, 3.63) is 27.4 Å². The third-order valence-electron chi connectivity index (χ3n) is 3.59. The molecule has 0 N–H and O–H groups in total. The van der Waals surface area contributed by atoms with E-state index in [0.717, 1.165) is 25.9 Å². The van der Waals surface area contributed by atoms with Gasteiger partial charge in [-0.3, -0.25) is 10.1 Å². The minimum atomic E-state index is -0.413. The maximum atomic E-state index is 11.1. The lowest BCUT2D eigenvalue weighted by molar-refractivity contribution is -0.384. The molecular formula is C12H17ClN4O2. The SMILES string of the molecule is CN1CCC(N(C)c2nc(Cl)ccc2[N+](=O)[O-])CC1. The van der Waals surface area contributed by atoms with Crippen molar-refractivity contribution >= 4 is 23.1 Å². The number of nitrogens with zero attached hydrogens (tertiary/aromatic N) is 4. The van der Waals surface area contributed by atoms with Gasteiger partial charge in [-0.25, -0.2) is 4.98 Å². The van der Waals surface area contributed by atoms with Gasteiger partial charge >= 0.3 is 5.69 Å². The van der Waals surface area contributed by atoms with Crippen molar-refractivity contribution in [2.45, 2.75) is 18.9 Å². The van der Waals surface area contributed by atoms with Gasteiger partial charge in [-0.05, 0) is 39.0 Å². The maximum Gasteiger partial charge on any atom is 0.311 e. The van der Waals surface area contributed by atoms with Crippen molar-refractivity contribution in [2.24, 2.45) is 0 Å². The summed E-state index contributed by atoms with van der Waals surface area (Å²) in [7, 11) is 3.93. The number of hydrogen-bond acceptors (Lipinski definition) is 5. The van der Waals surface area contributed by atoms with Crippen molar-refractivity contribution in [2.75, 3.05) is 32.1 Å². The van der Waals surface area contributed by atoms with Crippen LogP contribution >= 0.6 is 11.6 Å². The Balaban J connectivity index is 2.25. The van der Waals surface area contributed by atoms with E-state index in [0.29, 0.717) is 5.82 Å². The summed E-state index contributed by atoms with van der Waals surface area (Å²) in [5.74, 6) is 0.354. The van der Waals surface area contributed by atoms with Gasteiger partial charge in [-0.15, -0.1) is 0 Å². The molecular weight excluding hydrogens is 268 g/mol. The summed E-state index contributed by atoms with van der Waals surface area (Å²) in [5, 5.41) is 11.3. The van der Waals surface area contributed by atoms with Crippen molar-refractivity contribution in [1.82, 2.24) is 9.88 Å². The average molecular weight is 285 g/mol. The van der Waals surface area contributed by atoms with Crippen LogP contribution < -0.4 is 4.90 Å². The largest absolute Gasteiger partial charge is 0.351 e. The van der Waals surface area contributed by atoms with Gasteiger partial charge in [0.05, 0.1) is 4.92 Å². The Morgan fingerprint density at radius 3 is 2.68 bits per heavy atom. The quantitative estimate of drug-likeness (QED) is 0.484. The Kier molecular flexibility index (Phi) is 4.21. The topological polar surface area (TPSA) is 62.5 Å². The molecule has 0 aliphatic carbocycles. The molecule has 6 nitrogen and oxygen atoms in total. The Hall–Kier alpha value is -1.40. The Labute approximate surface area is 117 Å². The predicted octanol–water partition coefficient (Wildman–Crippen LogP) is 2.17. The first kappa shape index (κ1) is 14.0. The third-order valence-corrected chi connectivity index (χ3v) is 3.80. The van der Waals surface area contributed by atoms with Gasteiger partial charge in [0.25, 0.3) is 0 Å². The Morgan fingerprint density at radius 2 is 2.11 bits per heavy atom. The number of rotatable bonds is 3. The lowest BCUT2D eigenvalue weighted by Gasteiger charge is -2.35. The standard InChI is InChI=1S/C12H17ClN4O2/c1-15-7-5-9(6-8-15)16(2)12-10(17(18)19)3-4-11(13)14-12/h3-4,9H,5-8H2,1-2H3. The molecule has 1 aromatic heterocycles. The lowest BCUT2D eigenvalue weighted by atomic mass is 10.0. The Bertz CT molecular complexity index is 475. The number of halogens is 1. The van der Waals surface area contributed by atoms with E-state index in [-0.39, 0.29) is 16.9 Å². The van der Waals surface area contributed by atoms with Crippen molar-refractivity contribution in [3.8, 4) is 0 Å². The number of hydrogen-bond donors (Lipinski definition) is 0. The fraction of sp³-hybridized carbons (Fsp3) is 0.583. The number of nitro groups is 1. The van der Waals surface area contributed by atoms with Crippen LogP contribution in [0.15, 0.2) is 12.1 Å². The van der Waals surface area contributed by atoms with Crippen LogP contribution in [0.3, 0.4) is 0 Å². The normalized spacial score (nSPS) is 17.4. The zero-order valence-electron chi connectivity index (χ0n) is 11.0. The van der Waals surface area contributed by atoms with Crippen LogP contribution in [0.2, 0.25) is 5.15 Å². The predicted molar refractivity (Wildman–Crippen MR) is 74.8 cm³/mol. The van der Waals surface area contributed by atoms with Crippen LogP contribution in [0.25, 0.3) is 0 Å². The van der Waals surface area contributed by atoms with Crippen LogP contribution in [-0.4, -0.2) is 48.0 Å². The first-order chi connectivity index (χ1) is 8.99. The van der Waals surface area contributed by atoms with Gasteiger partial charge in [0, 0.05) is 19.2 Å². The second kappa shape index (κ2) is 5.71. The highest BCUT2D eigenvalue weighted by Gasteiger charge is 2.27. The molecule has 0 unspecified atom stereocenters. The summed E-state index contributed by atoms with van der Waals surface area (Å²) in [4.78, 5) is 18.9. The van der Waals surface area contributed by atoms with Gasteiger partial charge in [-0.2, -0.15) is 0 Å². The molecule has 0 radical (unpaired) electrons. The number of piperidine rings is 1. The molecule has 1 aromatic rings. The van der Waals surface area contributed by atoms with Crippen LogP contribution in [0.1, 0.15) is 12.8 Å². The molecule has 1 aliphatic rings. The molecule has 2 heterocycles. The van der Waals surface area contributed by atoms with Gasteiger partial charge < -0.3 is 9.80 Å². The van der Waals surface area contributed by atoms with Crippen LogP contribution in [-0.2, 0) is 0 Å². The fourth-order valence-corrected chi connectivity index (χ4v) is 2.52. The average Bonchev–Trinajstić information content (AvgIpc) is 2.38. The second-order valence-corrected chi connectivity index (χ2v) is 5.27. The molecule has 19 heavy (non-hydrogen) atoms. The first-order valence-electron chi connectivity index (χ1n) is 6.21. The molecule has 1 aliphatic heterocycles. The molecule has 0 saturated carbocycles. The summed E-state index contributed by atoms with van der Waals surface area (Å²) < 4.78 is 0. The van der Waals surface area contributed by atoms with E-state index in [1.165, 1.54) is 12.1 Å². The van der Waals surface area contributed by atoms with Gasteiger partial charge in [0.15, 0.2) is 0 Å². The third kappa shape index (κ3) is 3.13. The molecule has 0 bridgehead atoms. The molecule has 7 heteroatoms. The smallest absolute Gasteiger partial charge is 0.311 e. The first-order valence-corrected chi connectivity index (χ1v) is 6.59. The number of pyridine rings is 1. The van der Waals surface area contributed by atoms with E-state index >= 15 is 0 Å². The molecule has 2 rings (SSSR count). The molecule has 1 fully saturated rings. The van der Waals surface area contributed by atoms with E-state index in [1.54, 1.807) is 0 Å². The van der Waals surface area contributed by atoms with Gasteiger partial charge in [-0.1, -0.05) is 11.6 Å². The molecule has 0 amide bonds. The highest BCUT2D eigenvalue weighted by Crippen LogP contribution is 2.30. The highest BCUT2D eigenvalue weighted by atomic mass is 35.5. The second-order valence-electron chi connectivity index (χ2n) is 4.88. The van der Waals surface area contributed by atoms with Crippen molar-refractivity contribution in [1.29, 1.82) is 0 Å². The number of anilines is 1. The Morgan fingerprint density at radius 1 is 1.47 bits per heavy atom. The van der Waals surface area contributed by atoms with Crippen LogP contribution in [0.5, 0.6) is 0 Å². The molecule has 0 spiro atoms. The van der Waals surface area contributed by atoms with E-state index in [9.17, 15) is 10.1 Å². The summed E-state index contributed by atoms with van der Waals surface area (Å²) >= 11 is 5.86. The van der Waals surface area contributed by atoms with E-state index in [2.05, 4.69) is 16.9 Å². The zero-order chi connectivity index (χ0) is 14.0. The summed E-state index contributed by atoms with van der Waals surface area (Å²) in [5.41, 5.74) is 0.00540. The van der Waals surface area contributed by atoms with E-state index < -0.39 is 4.92 Å². The van der Waals surface area contributed by atoms with E-state index in [4.69, 9.17) is 11.6 Å². The summed E-state index contributed by atoms with van der Waals surface area (Å²) in [6.07, 6.45) is 1.94. The summed E-state index contributed by atoms with van der Waals surface area (Å²) in [6, 6.07) is 3.13. The van der Waals surface area contributed by atoms with Crippen LogP contribution in [0.4, 0.5) is 11.5 Å². The minimum absolute atomic E-state index is 0.00540. The van der Waals surface area contributed by atoms with Crippen LogP contribution in [0, 0.1) is 10.1 Å². The monoisotopic (exact) mass is 284 g/mol. The molecule has 1 saturated heterocycles. The fourth-order valence-electron chi connectivity index (χ4n) is 2.38. The van der Waals surface area contributed by atoms with Crippen molar-refractivity contribution < 1.29 is 4.92 Å². The highest BCUT2D eigenvalue weighted by molar-refractivity contribution is 6.29. The van der Waals surface area contributed by atoms with E-state index in [1.807, 2.05) is 11.9 Å². The molecule has 0 aromatic carbocycles. The lowest BCUT2D eigenvalue weighted by Crippen LogP contribution is -2.42. The molecule has 104 valence electrons. The van der Waals surface area contributed by atoms with Crippen molar-refractivity contribution in [3.63, 3.8) is 0 Å². The number of aromatic nitrogens is 1.